The Hall–Kier alpha value is -1.01. The third-order valence-corrected chi connectivity index (χ3v) is 7.59. The van der Waals surface area contributed by atoms with E-state index in [4.69, 9.17) is 32.7 Å². The van der Waals surface area contributed by atoms with Crippen LogP contribution in [0.15, 0.2) is 18.2 Å². The molecule has 0 bridgehead atoms. The molecule has 1 unspecified atom stereocenters. The SMILES string of the molecule is CNC(=O)C(Oc1ccc(Cl)c(Cl)c1)[C@@H]1CC[C@@]2(CCCO2)C[C@@H]1N1CCCC1. The van der Waals surface area contributed by atoms with Gasteiger partial charge in [-0.2, -0.15) is 0 Å². The van der Waals surface area contributed by atoms with Crippen LogP contribution < -0.4 is 10.1 Å². The molecule has 160 valence electrons. The minimum absolute atomic E-state index is 0.0133. The summed E-state index contributed by atoms with van der Waals surface area (Å²) < 4.78 is 12.5. The molecule has 1 aliphatic carbocycles. The zero-order chi connectivity index (χ0) is 20.4. The lowest BCUT2D eigenvalue weighted by Crippen LogP contribution is -2.56. The van der Waals surface area contributed by atoms with E-state index in [-0.39, 0.29) is 23.5 Å². The van der Waals surface area contributed by atoms with E-state index in [9.17, 15) is 4.79 Å². The molecule has 4 rings (SSSR count). The molecule has 2 aliphatic heterocycles. The molecule has 2 saturated heterocycles. The number of rotatable bonds is 5. The van der Waals surface area contributed by atoms with Gasteiger partial charge in [0.2, 0.25) is 0 Å². The van der Waals surface area contributed by atoms with Gasteiger partial charge in [0.1, 0.15) is 5.75 Å². The Morgan fingerprint density at radius 3 is 2.69 bits per heavy atom. The second-order valence-electron chi connectivity index (χ2n) is 8.58. The molecule has 3 fully saturated rings. The number of hydrogen-bond donors (Lipinski definition) is 1. The number of likely N-dealkylation sites (N-methyl/N-ethyl adjacent to an activating group) is 1. The summed E-state index contributed by atoms with van der Waals surface area (Å²) in [7, 11) is 1.67. The van der Waals surface area contributed by atoms with Crippen molar-refractivity contribution in [3.63, 3.8) is 0 Å². The summed E-state index contributed by atoms with van der Waals surface area (Å²) in [6, 6.07) is 5.46. The zero-order valence-electron chi connectivity index (χ0n) is 17.0. The van der Waals surface area contributed by atoms with Crippen LogP contribution in [0.1, 0.15) is 44.9 Å². The van der Waals surface area contributed by atoms with Gasteiger partial charge in [-0.3, -0.25) is 9.69 Å². The zero-order valence-corrected chi connectivity index (χ0v) is 18.5. The summed E-state index contributed by atoms with van der Waals surface area (Å²) in [6.45, 7) is 3.03. The predicted octanol–water partition coefficient (Wildman–Crippen LogP) is 4.30. The molecule has 3 aliphatic rings. The molecule has 1 N–H and O–H groups in total. The Morgan fingerprint density at radius 2 is 2.03 bits per heavy atom. The van der Waals surface area contributed by atoms with E-state index in [1.165, 1.54) is 12.8 Å². The normalized spacial score (nSPS) is 31.1. The number of hydrogen-bond acceptors (Lipinski definition) is 4. The van der Waals surface area contributed by atoms with Crippen LogP contribution in [0.2, 0.25) is 10.0 Å². The number of ether oxygens (including phenoxy) is 2. The van der Waals surface area contributed by atoms with Crippen molar-refractivity contribution in [3.05, 3.63) is 28.2 Å². The van der Waals surface area contributed by atoms with Gasteiger partial charge in [-0.15, -0.1) is 0 Å². The summed E-state index contributed by atoms with van der Waals surface area (Å²) in [4.78, 5) is 15.5. The predicted molar refractivity (Wildman–Crippen MR) is 115 cm³/mol. The second kappa shape index (κ2) is 9.01. The first-order chi connectivity index (χ1) is 14.0. The maximum absolute atomic E-state index is 12.9. The molecule has 1 spiro atoms. The van der Waals surface area contributed by atoms with Crippen LogP contribution in [0.5, 0.6) is 5.75 Å². The highest BCUT2D eigenvalue weighted by Crippen LogP contribution is 2.45. The first-order valence-corrected chi connectivity index (χ1v) is 11.5. The van der Waals surface area contributed by atoms with Crippen molar-refractivity contribution in [2.45, 2.75) is 62.7 Å². The average molecular weight is 441 g/mol. The summed E-state index contributed by atoms with van der Waals surface area (Å²) >= 11 is 12.2. The van der Waals surface area contributed by atoms with Crippen molar-refractivity contribution in [2.75, 3.05) is 26.7 Å². The molecule has 2 heterocycles. The van der Waals surface area contributed by atoms with Crippen molar-refractivity contribution in [1.82, 2.24) is 10.2 Å². The molecular weight excluding hydrogens is 411 g/mol. The van der Waals surface area contributed by atoms with Crippen LogP contribution in [-0.2, 0) is 9.53 Å². The smallest absolute Gasteiger partial charge is 0.261 e. The molecule has 7 heteroatoms. The van der Waals surface area contributed by atoms with Crippen LogP contribution in [0.25, 0.3) is 0 Å². The maximum Gasteiger partial charge on any atom is 0.261 e. The first kappa shape index (κ1) is 21.2. The van der Waals surface area contributed by atoms with Crippen LogP contribution >= 0.6 is 23.2 Å². The van der Waals surface area contributed by atoms with Gasteiger partial charge in [0.15, 0.2) is 6.10 Å². The number of nitrogens with zero attached hydrogens (tertiary/aromatic N) is 1. The highest BCUT2D eigenvalue weighted by Gasteiger charge is 2.49. The van der Waals surface area contributed by atoms with Crippen LogP contribution in [-0.4, -0.2) is 55.3 Å². The Balaban J connectivity index is 1.60. The number of nitrogens with one attached hydrogen (secondary N) is 1. The van der Waals surface area contributed by atoms with Crippen molar-refractivity contribution in [1.29, 1.82) is 0 Å². The molecular formula is C22H30Cl2N2O3. The number of amides is 1. The lowest BCUT2D eigenvalue weighted by Gasteiger charge is -2.47. The van der Waals surface area contributed by atoms with E-state index in [0.717, 1.165) is 51.8 Å². The molecule has 0 radical (unpaired) electrons. The summed E-state index contributed by atoms with van der Waals surface area (Å²) in [6.07, 6.45) is 7.02. The minimum Gasteiger partial charge on any atom is -0.480 e. The van der Waals surface area contributed by atoms with Gasteiger partial charge in [-0.25, -0.2) is 0 Å². The largest absolute Gasteiger partial charge is 0.480 e. The topological polar surface area (TPSA) is 50.8 Å². The molecule has 5 nitrogen and oxygen atoms in total. The van der Waals surface area contributed by atoms with E-state index < -0.39 is 6.10 Å². The molecule has 1 saturated carbocycles. The molecule has 1 aromatic rings. The third kappa shape index (κ3) is 4.53. The molecule has 0 aromatic heterocycles. The van der Waals surface area contributed by atoms with Crippen molar-refractivity contribution in [2.24, 2.45) is 5.92 Å². The van der Waals surface area contributed by atoms with Crippen molar-refractivity contribution in [3.8, 4) is 5.75 Å². The van der Waals surface area contributed by atoms with Gasteiger partial charge in [0.05, 0.1) is 15.6 Å². The van der Waals surface area contributed by atoms with Gasteiger partial charge < -0.3 is 14.8 Å². The van der Waals surface area contributed by atoms with E-state index >= 15 is 0 Å². The van der Waals surface area contributed by atoms with Gasteiger partial charge in [0.25, 0.3) is 5.91 Å². The monoisotopic (exact) mass is 440 g/mol. The summed E-state index contributed by atoms with van der Waals surface area (Å²) in [5.41, 5.74) is -0.0133. The van der Waals surface area contributed by atoms with Crippen molar-refractivity contribution < 1.29 is 14.3 Å². The van der Waals surface area contributed by atoms with Gasteiger partial charge in [0, 0.05) is 31.7 Å². The average Bonchev–Trinajstić information content (AvgIpc) is 3.41. The molecule has 1 amide bonds. The van der Waals surface area contributed by atoms with E-state index in [2.05, 4.69) is 10.2 Å². The summed E-state index contributed by atoms with van der Waals surface area (Å²) in [5.74, 6) is 0.594. The highest BCUT2D eigenvalue weighted by molar-refractivity contribution is 6.42. The maximum atomic E-state index is 12.9. The Bertz CT molecular complexity index is 733. The minimum atomic E-state index is -0.568. The molecule has 29 heavy (non-hydrogen) atoms. The van der Waals surface area contributed by atoms with Crippen molar-refractivity contribution >= 4 is 29.1 Å². The van der Waals surface area contributed by atoms with Gasteiger partial charge in [-0.1, -0.05) is 23.2 Å². The molecule has 1 aromatic carbocycles. The number of likely N-dealkylation sites (tertiary alicyclic amines) is 1. The standard InChI is InChI=1S/C22H30Cl2N2O3/c1-25-21(27)20(29-15-5-6-17(23)18(24)13-15)16-7-9-22(8-4-12-28-22)14-19(16)26-10-2-3-11-26/h5-6,13,16,19-20H,2-4,7-12,14H2,1H3,(H,25,27)/t16-,19+,20?,22+/m1/s1. The second-order valence-corrected chi connectivity index (χ2v) is 9.40. The lowest BCUT2D eigenvalue weighted by molar-refractivity contribution is -0.136. The number of carbonyl (C=O) groups excluding carboxylic acids is 1. The molecule has 4 atom stereocenters. The third-order valence-electron chi connectivity index (χ3n) is 6.85. The number of carbonyl (C=O) groups is 1. The van der Waals surface area contributed by atoms with Crippen LogP contribution in [0.4, 0.5) is 0 Å². The number of halogens is 2. The van der Waals surface area contributed by atoms with Crippen LogP contribution in [0, 0.1) is 5.92 Å². The Kier molecular flexibility index (Phi) is 6.59. The van der Waals surface area contributed by atoms with Crippen LogP contribution in [0.3, 0.4) is 0 Å². The van der Waals surface area contributed by atoms with E-state index in [1.54, 1.807) is 25.2 Å². The fourth-order valence-corrected chi connectivity index (χ4v) is 5.66. The quantitative estimate of drug-likeness (QED) is 0.741. The lowest BCUT2D eigenvalue weighted by atomic mass is 9.71. The Morgan fingerprint density at radius 1 is 1.24 bits per heavy atom. The van der Waals surface area contributed by atoms with E-state index in [1.807, 2.05) is 0 Å². The fraction of sp³-hybridized carbons (Fsp3) is 0.682. The Labute approximate surface area is 183 Å². The first-order valence-electron chi connectivity index (χ1n) is 10.7. The fourth-order valence-electron chi connectivity index (χ4n) is 5.37. The summed E-state index contributed by atoms with van der Waals surface area (Å²) in [5, 5.41) is 3.71. The highest BCUT2D eigenvalue weighted by atomic mass is 35.5. The van der Waals surface area contributed by atoms with Gasteiger partial charge >= 0.3 is 0 Å². The number of benzene rings is 1. The van der Waals surface area contributed by atoms with E-state index in [0.29, 0.717) is 15.8 Å². The van der Waals surface area contributed by atoms with Gasteiger partial charge in [-0.05, 0) is 70.2 Å².